The molecule has 3 aromatic rings. The summed E-state index contributed by atoms with van der Waals surface area (Å²) < 4.78 is 5.43. The Labute approximate surface area is 170 Å². The summed E-state index contributed by atoms with van der Waals surface area (Å²) in [6.07, 6.45) is 1.72. The number of aromatic nitrogens is 1. The van der Waals surface area contributed by atoms with Gasteiger partial charge in [-0.05, 0) is 55.8 Å². The van der Waals surface area contributed by atoms with Crippen molar-refractivity contribution >= 4 is 17.6 Å². The largest absolute Gasteiger partial charge is 0.495 e. The number of pyridine rings is 1. The van der Waals surface area contributed by atoms with E-state index in [0.29, 0.717) is 23.8 Å². The fourth-order valence-electron chi connectivity index (χ4n) is 2.78. The molecule has 1 amide bonds. The molecule has 29 heavy (non-hydrogen) atoms. The summed E-state index contributed by atoms with van der Waals surface area (Å²) in [4.78, 5) is 21.6. The van der Waals surface area contributed by atoms with E-state index in [9.17, 15) is 4.79 Å². The molecule has 2 N–H and O–H groups in total. The zero-order chi connectivity index (χ0) is 20.6. The normalized spacial score (nSPS) is 11.1. The predicted molar refractivity (Wildman–Crippen MR) is 115 cm³/mol. The van der Waals surface area contributed by atoms with E-state index in [2.05, 4.69) is 20.6 Å². The van der Waals surface area contributed by atoms with E-state index < -0.39 is 0 Å². The van der Waals surface area contributed by atoms with Gasteiger partial charge < -0.3 is 10.1 Å². The van der Waals surface area contributed by atoms with E-state index in [1.54, 1.807) is 19.4 Å². The Morgan fingerprint density at radius 2 is 1.86 bits per heavy atom. The zero-order valence-electron chi connectivity index (χ0n) is 16.8. The molecule has 0 bridgehead atoms. The molecule has 1 aromatic heterocycles. The summed E-state index contributed by atoms with van der Waals surface area (Å²) in [6.45, 7) is 4.26. The number of aryl methyl sites for hydroxylation is 2. The van der Waals surface area contributed by atoms with E-state index in [1.807, 2.05) is 68.4 Å². The van der Waals surface area contributed by atoms with Gasteiger partial charge in [0.2, 0.25) is 5.96 Å². The Kier molecular flexibility index (Phi) is 6.58. The number of carbonyl (C=O) groups is 1. The lowest BCUT2D eigenvalue weighted by molar-refractivity contribution is 0.0976. The molecule has 0 aliphatic rings. The number of rotatable bonds is 5. The number of aliphatic imine (C=N–C) groups is 1. The van der Waals surface area contributed by atoms with Crippen LogP contribution in [0.3, 0.4) is 0 Å². The van der Waals surface area contributed by atoms with Crippen molar-refractivity contribution in [1.82, 2.24) is 10.3 Å². The van der Waals surface area contributed by atoms with Crippen molar-refractivity contribution in [2.75, 3.05) is 12.4 Å². The van der Waals surface area contributed by atoms with Crippen molar-refractivity contribution in [3.63, 3.8) is 0 Å². The SMILES string of the molecule is COc1ccc(C)cc1NC(=NCc1ccccn1)NC(=O)c1cccc(C)c1. The number of guanidine groups is 1. The number of anilines is 1. The monoisotopic (exact) mass is 388 g/mol. The third-order valence-electron chi connectivity index (χ3n) is 4.25. The number of hydrogen-bond donors (Lipinski definition) is 2. The van der Waals surface area contributed by atoms with Crippen LogP contribution in [-0.4, -0.2) is 24.0 Å². The number of hydrogen-bond acceptors (Lipinski definition) is 4. The van der Waals surface area contributed by atoms with Gasteiger partial charge in [0.05, 0.1) is 25.0 Å². The summed E-state index contributed by atoms with van der Waals surface area (Å²) in [5.41, 5.74) is 4.15. The highest BCUT2D eigenvalue weighted by molar-refractivity contribution is 6.10. The van der Waals surface area contributed by atoms with Crippen LogP contribution in [0.2, 0.25) is 0 Å². The maximum absolute atomic E-state index is 12.8. The Morgan fingerprint density at radius 3 is 2.59 bits per heavy atom. The first-order valence-electron chi connectivity index (χ1n) is 9.29. The quantitative estimate of drug-likeness (QED) is 0.510. The van der Waals surface area contributed by atoms with Crippen LogP contribution in [0.15, 0.2) is 71.9 Å². The topological polar surface area (TPSA) is 75.6 Å². The van der Waals surface area contributed by atoms with Crippen LogP contribution in [0, 0.1) is 13.8 Å². The zero-order valence-corrected chi connectivity index (χ0v) is 16.8. The average Bonchev–Trinajstić information content (AvgIpc) is 2.73. The summed E-state index contributed by atoms with van der Waals surface area (Å²) in [6, 6.07) is 18.8. The predicted octanol–water partition coefficient (Wildman–Crippen LogP) is 4.11. The van der Waals surface area contributed by atoms with Crippen molar-refractivity contribution in [3.8, 4) is 5.75 Å². The van der Waals surface area contributed by atoms with Gasteiger partial charge in [-0.2, -0.15) is 0 Å². The summed E-state index contributed by atoms with van der Waals surface area (Å²) in [5, 5.41) is 6.06. The number of ether oxygens (including phenoxy) is 1. The Balaban J connectivity index is 1.87. The van der Waals surface area contributed by atoms with Crippen LogP contribution in [0.4, 0.5) is 5.69 Å². The van der Waals surface area contributed by atoms with E-state index in [-0.39, 0.29) is 5.91 Å². The van der Waals surface area contributed by atoms with Gasteiger partial charge in [-0.3, -0.25) is 15.1 Å². The van der Waals surface area contributed by atoms with Gasteiger partial charge in [-0.1, -0.05) is 29.8 Å². The molecule has 2 aromatic carbocycles. The second-order valence-corrected chi connectivity index (χ2v) is 6.64. The molecule has 0 aliphatic heterocycles. The third-order valence-corrected chi connectivity index (χ3v) is 4.25. The van der Waals surface area contributed by atoms with Crippen LogP contribution in [0.1, 0.15) is 27.2 Å². The van der Waals surface area contributed by atoms with E-state index >= 15 is 0 Å². The van der Waals surface area contributed by atoms with Crippen molar-refractivity contribution in [1.29, 1.82) is 0 Å². The molecule has 1 heterocycles. The fraction of sp³-hybridized carbons (Fsp3) is 0.174. The Morgan fingerprint density at radius 1 is 1.03 bits per heavy atom. The lowest BCUT2D eigenvalue weighted by atomic mass is 10.1. The lowest BCUT2D eigenvalue weighted by Gasteiger charge is -2.15. The molecule has 148 valence electrons. The molecule has 6 heteroatoms. The smallest absolute Gasteiger partial charge is 0.257 e. The van der Waals surface area contributed by atoms with Crippen molar-refractivity contribution in [2.24, 2.45) is 4.99 Å². The lowest BCUT2D eigenvalue weighted by Crippen LogP contribution is -2.36. The van der Waals surface area contributed by atoms with Crippen molar-refractivity contribution in [3.05, 3.63) is 89.2 Å². The second kappa shape index (κ2) is 9.50. The Hall–Kier alpha value is -3.67. The first-order chi connectivity index (χ1) is 14.0. The van der Waals surface area contributed by atoms with Gasteiger partial charge in [-0.25, -0.2) is 4.99 Å². The summed E-state index contributed by atoms with van der Waals surface area (Å²) >= 11 is 0. The van der Waals surface area contributed by atoms with Crippen LogP contribution < -0.4 is 15.4 Å². The van der Waals surface area contributed by atoms with Gasteiger partial charge >= 0.3 is 0 Å². The maximum atomic E-state index is 12.8. The van der Waals surface area contributed by atoms with Gasteiger partial charge in [0, 0.05) is 11.8 Å². The van der Waals surface area contributed by atoms with Gasteiger partial charge in [0.15, 0.2) is 0 Å². The van der Waals surface area contributed by atoms with Gasteiger partial charge in [0.25, 0.3) is 5.91 Å². The third kappa shape index (κ3) is 5.65. The molecule has 0 atom stereocenters. The number of methoxy groups -OCH3 is 1. The van der Waals surface area contributed by atoms with Crippen LogP contribution in [0.5, 0.6) is 5.75 Å². The van der Waals surface area contributed by atoms with E-state index in [1.165, 1.54) is 0 Å². The Bertz CT molecular complexity index is 1020. The minimum atomic E-state index is -0.243. The molecule has 0 radical (unpaired) electrons. The molecule has 0 saturated heterocycles. The minimum absolute atomic E-state index is 0.243. The molecule has 0 unspecified atom stereocenters. The molecule has 3 rings (SSSR count). The molecule has 0 saturated carbocycles. The van der Waals surface area contributed by atoms with E-state index in [0.717, 1.165) is 22.5 Å². The highest BCUT2D eigenvalue weighted by atomic mass is 16.5. The standard InChI is InChI=1S/C23H24N4O2/c1-16-7-6-8-18(13-16)22(28)27-23(25-15-19-9-4-5-12-24-19)26-20-14-17(2)10-11-21(20)29-3/h4-14H,15H2,1-3H3,(H2,25,26,27,28). The first-order valence-corrected chi connectivity index (χ1v) is 9.29. The van der Waals surface area contributed by atoms with Crippen molar-refractivity contribution < 1.29 is 9.53 Å². The summed E-state index contributed by atoms with van der Waals surface area (Å²) in [5.74, 6) is 0.740. The maximum Gasteiger partial charge on any atom is 0.257 e. The number of amides is 1. The molecule has 6 nitrogen and oxygen atoms in total. The second-order valence-electron chi connectivity index (χ2n) is 6.64. The molecular formula is C23H24N4O2. The molecule has 0 fully saturated rings. The van der Waals surface area contributed by atoms with E-state index in [4.69, 9.17) is 4.74 Å². The number of nitrogens with zero attached hydrogens (tertiary/aromatic N) is 2. The fourth-order valence-corrected chi connectivity index (χ4v) is 2.78. The van der Waals surface area contributed by atoms with Crippen LogP contribution >= 0.6 is 0 Å². The summed E-state index contributed by atoms with van der Waals surface area (Å²) in [7, 11) is 1.60. The van der Waals surface area contributed by atoms with Crippen molar-refractivity contribution in [2.45, 2.75) is 20.4 Å². The highest BCUT2D eigenvalue weighted by Crippen LogP contribution is 2.25. The molecule has 0 spiro atoms. The number of carbonyl (C=O) groups excluding carboxylic acids is 1. The average molecular weight is 388 g/mol. The number of benzene rings is 2. The van der Waals surface area contributed by atoms with Gasteiger partial charge in [0.1, 0.15) is 5.75 Å². The number of nitrogens with one attached hydrogen (secondary N) is 2. The highest BCUT2D eigenvalue weighted by Gasteiger charge is 2.12. The van der Waals surface area contributed by atoms with Crippen LogP contribution in [0.25, 0.3) is 0 Å². The first kappa shape index (κ1) is 20.1. The molecular weight excluding hydrogens is 364 g/mol. The molecule has 0 aliphatic carbocycles. The van der Waals surface area contributed by atoms with Crippen LogP contribution in [-0.2, 0) is 6.54 Å². The van der Waals surface area contributed by atoms with Gasteiger partial charge in [-0.15, -0.1) is 0 Å². The minimum Gasteiger partial charge on any atom is -0.495 e.